The van der Waals surface area contributed by atoms with Crippen LogP contribution in [-0.4, -0.2) is 26.9 Å². The molecule has 0 radical (unpaired) electrons. The SMILES string of the molecule is C=C1Nc2c3cccnc3nn2C(C)=C1CCC(=O)Nc1cccc(SC)c1. The Bertz CT molecular complexity index is 1110. The molecule has 1 aliphatic heterocycles. The van der Waals surface area contributed by atoms with Crippen molar-refractivity contribution in [2.24, 2.45) is 0 Å². The summed E-state index contributed by atoms with van der Waals surface area (Å²) in [6.45, 7) is 6.15. The van der Waals surface area contributed by atoms with Crippen molar-refractivity contribution >= 4 is 45.9 Å². The first-order valence-corrected chi connectivity index (χ1v) is 10.2. The maximum absolute atomic E-state index is 12.4. The van der Waals surface area contributed by atoms with Crippen molar-refractivity contribution in [3.8, 4) is 0 Å². The summed E-state index contributed by atoms with van der Waals surface area (Å²) in [5, 5.41) is 11.8. The second-order valence-electron chi connectivity index (χ2n) is 6.58. The molecule has 0 saturated carbocycles. The van der Waals surface area contributed by atoms with Gasteiger partial charge in [0.2, 0.25) is 5.91 Å². The summed E-state index contributed by atoms with van der Waals surface area (Å²) in [6, 6.07) is 11.7. The van der Waals surface area contributed by atoms with Gasteiger partial charge in [-0.25, -0.2) is 9.67 Å². The molecular weight excluding hydrogens is 370 g/mol. The molecule has 0 saturated heterocycles. The maximum Gasteiger partial charge on any atom is 0.224 e. The molecule has 7 heteroatoms. The van der Waals surface area contributed by atoms with Gasteiger partial charge in [0, 0.05) is 34.6 Å². The molecule has 2 aromatic heterocycles. The standard InChI is InChI=1S/C21H21N5OS/c1-13-17(9-10-19(27)24-15-6-4-7-16(12-15)28-3)14(2)26-21(23-13)18-8-5-11-22-20(18)25-26/h4-8,11-12,23H,1,9-10H2,2-3H3,(H,24,27). The van der Waals surface area contributed by atoms with Gasteiger partial charge in [-0.1, -0.05) is 12.6 Å². The number of fused-ring (bicyclic) bond motifs is 3. The number of nitrogens with one attached hydrogen (secondary N) is 2. The predicted octanol–water partition coefficient (Wildman–Crippen LogP) is 4.74. The molecule has 6 nitrogen and oxygen atoms in total. The molecule has 1 aliphatic rings. The number of amides is 1. The van der Waals surface area contributed by atoms with Crippen LogP contribution in [0.3, 0.4) is 0 Å². The third kappa shape index (κ3) is 3.41. The first-order chi connectivity index (χ1) is 13.6. The van der Waals surface area contributed by atoms with Crippen LogP contribution in [-0.2, 0) is 4.79 Å². The molecule has 0 bridgehead atoms. The van der Waals surface area contributed by atoms with E-state index in [1.165, 1.54) is 0 Å². The first-order valence-electron chi connectivity index (χ1n) is 9.01. The molecule has 142 valence electrons. The summed E-state index contributed by atoms with van der Waals surface area (Å²) in [5.41, 5.74) is 4.26. The fourth-order valence-corrected chi connectivity index (χ4v) is 3.80. The van der Waals surface area contributed by atoms with Crippen LogP contribution < -0.4 is 10.6 Å². The summed E-state index contributed by atoms with van der Waals surface area (Å²) in [5.74, 6) is 0.845. The predicted molar refractivity (Wildman–Crippen MR) is 115 cm³/mol. The Morgan fingerprint density at radius 1 is 1.32 bits per heavy atom. The van der Waals surface area contributed by atoms with Crippen molar-refractivity contribution in [3.05, 3.63) is 60.4 Å². The molecule has 3 aromatic rings. The number of carbonyl (C=O) groups excluding carboxylic acids is 1. The molecule has 0 atom stereocenters. The minimum Gasteiger partial charge on any atom is -0.340 e. The van der Waals surface area contributed by atoms with E-state index in [1.807, 2.05) is 54.3 Å². The summed E-state index contributed by atoms with van der Waals surface area (Å²) >= 11 is 1.65. The minimum atomic E-state index is -0.0237. The fourth-order valence-electron chi connectivity index (χ4n) is 3.34. The minimum absolute atomic E-state index is 0.0237. The van der Waals surface area contributed by atoms with Gasteiger partial charge in [-0.05, 0) is 55.5 Å². The quantitative estimate of drug-likeness (QED) is 0.615. The number of anilines is 2. The zero-order chi connectivity index (χ0) is 19.7. The molecule has 0 spiro atoms. The van der Waals surface area contributed by atoms with Crippen molar-refractivity contribution in [3.63, 3.8) is 0 Å². The molecule has 28 heavy (non-hydrogen) atoms. The Kier molecular flexibility index (Phi) is 4.92. The number of hydrogen-bond donors (Lipinski definition) is 2. The molecule has 0 aliphatic carbocycles. The van der Waals surface area contributed by atoms with Crippen LogP contribution >= 0.6 is 11.8 Å². The highest BCUT2D eigenvalue weighted by Crippen LogP contribution is 2.35. The first kappa shape index (κ1) is 18.3. The zero-order valence-corrected chi connectivity index (χ0v) is 16.6. The van der Waals surface area contributed by atoms with E-state index >= 15 is 0 Å². The van der Waals surface area contributed by atoms with Crippen LogP contribution in [0, 0.1) is 0 Å². The van der Waals surface area contributed by atoms with Crippen LogP contribution in [0.25, 0.3) is 16.7 Å². The second kappa shape index (κ2) is 7.52. The lowest BCUT2D eigenvalue weighted by molar-refractivity contribution is -0.116. The molecule has 4 rings (SSSR count). The van der Waals surface area contributed by atoms with Crippen LogP contribution in [0.2, 0.25) is 0 Å². The normalized spacial score (nSPS) is 13.4. The average Bonchev–Trinajstić information content (AvgIpc) is 3.07. The number of pyridine rings is 1. The van der Waals surface area contributed by atoms with E-state index in [0.29, 0.717) is 18.5 Å². The number of aromatic nitrogens is 3. The lowest BCUT2D eigenvalue weighted by Crippen LogP contribution is -2.18. The van der Waals surface area contributed by atoms with Gasteiger partial charge < -0.3 is 10.6 Å². The molecule has 0 fully saturated rings. The van der Waals surface area contributed by atoms with Gasteiger partial charge in [0.25, 0.3) is 0 Å². The summed E-state index contributed by atoms with van der Waals surface area (Å²) < 4.78 is 1.85. The summed E-state index contributed by atoms with van der Waals surface area (Å²) in [7, 11) is 0. The van der Waals surface area contributed by atoms with Gasteiger partial charge in [0.1, 0.15) is 5.82 Å². The Morgan fingerprint density at radius 3 is 3.00 bits per heavy atom. The van der Waals surface area contributed by atoms with Gasteiger partial charge in [-0.2, -0.15) is 0 Å². The Balaban J connectivity index is 1.51. The van der Waals surface area contributed by atoms with Crippen molar-refractivity contribution in [1.82, 2.24) is 14.8 Å². The van der Waals surface area contributed by atoms with Gasteiger partial charge >= 0.3 is 0 Å². The van der Waals surface area contributed by atoms with Crippen molar-refractivity contribution < 1.29 is 4.79 Å². The Labute approximate surface area is 167 Å². The number of nitrogens with zero attached hydrogens (tertiary/aromatic N) is 3. The number of benzene rings is 1. The van der Waals surface area contributed by atoms with E-state index < -0.39 is 0 Å². The Morgan fingerprint density at radius 2 is 2.18 bits per heavy atom. The highest BCUT2D eigenvalue weighted by molar-refractivity contribution is 7.98. The lowest BCUT2D eigenvalue weighted by atomic mass is 10.0. The van der Waals surface area contributed by atoms with Gasteiger partial charge in [-0.15, -0.1) is 16.9 Å². The van der Waals surface area contributed by atoms with Crippen LogP contribution in [0.15, 0.2) is 65.3 Å². The highest BCUT2D eigenvalue weighted by Gasteiger charge is 2.23. The molecular formula is C21H21N5OS. The van der Waals surface area contributed by atoms with Crippen LogP contribution in [0.5, 0.6) is 0 Å². The van der Waals surface area contributed by atoms with E-state index in [-0.39, 0.29) is 5.91 Å². The van der Waals surface area contributed by atoms with Crippen molar-refractivity contribution in [1.29, 1.82) is 0 Å². The fraction of sp³-hybridized carbons (Fsp3) is 0.190. The van der Waals surface area contributed by atoms with Crippen molar-refractivity contribution in [2.75, 3.05) is 16.9 Å². The van der Waals surface area contributed by atoms with Gasteiger partial charge in [0.15, 0.2) is 5.65 Å². The largest absolute Gasteiger partial charge is 0.340 e. The molecule has 2 N–H and O–H groups in total. The number of carbonyl (C=O) groups is 1. The number of hydrogen-bond acceptors (Lipinski definition) is 5. The zero-order valence-electron chi connectivity index (χ0n) is 15.8. The molecule has 1 aromatic carbocycles. The molecule has 0 unspecified atom stereocenters. The third-order valence-electron chi connectivity index (χ3n) is 4.79. The Hall–Kier alpha value is -3.06. The van der Waals surface area contributed by atoms with E-state index in [0.717, 1.165) is 38.8 Å². The monoisotopic (exact) mass is 391 g/mol. The molecule has 3 heterocycles. The van der Waals surface area contributed by atoms with E-state index in [1.54, 1.807) is 18.0 Å². The number of rotatable bonds is 5. The lowest BCUT2D eigenvalue weighted by Gasteiger charge is -2.23. The summed E-state index contributed by atoms with van der Waals surface area (Å²) in [6.07, 6.45) is 4.69. The number of thioether (sulfide) groups is 1. The van der Waals surface area contributed by atoms with E-state index in [2.05, 4.69) is 27.3 Å². The maximum atomic E-state index is 12.4. The van der Waals surface area contributed by atoms with Gasteiger partial charge in [0.05, 0.1) is 5.39 Å². The highest BCUT2D eigenvalue weighted by atomic mass is 32.2. The molecule has 1 amide bonds. The van der Waals surface area contributed by atoms with Gasteiger partial charge in [-0.3, -0.25) is 4.79 Å². The van der Waals surface area contributed by atoms with Crippen LogP contribution in [0.4, 0.5) is 11.5 Å². The van der Waals surface area contributed by atoms with Crippen LogP contribution in [0.1, 0.15) is 19.8 Å². The smallest absolute Gasteiger partial charge is 0.224 e. The number of allylic oxidation sites excluding steroid dienone is 2. The topological polar surface area (TPSA) is 71.8 Å². The second-order valence-corrected chi connectivity index (χ2v) is 7.46. The average molecular weight is 392 g/mol. The van der Waals surface area contributed by atoms with E-state index in [4.69, 9.17) is 0 Å². The van der Waals surface area contributed by atoms with E-state index in [9.17, 15) is 4.79 Å². The van der Waals surface area contributed by atoms with Crippen molar-refractivity contribution in [2.45, 2.75) is 24.7 Å². The third-order valence-corrected chi connectivity index (χ3v) is 5.52. The summed E-state index contributed by atoms with van der Waals surface area (Å²) in [4.78, 5) is 17.9.